The Kier molecular flexibility index (Phi) is 4.85. The van der Waals surface area contributed by atoms with Crippen molar-refractivity contribution in [1.29, 1.82) is 0 Å². The maximum atomic E-state index is 5.51. The van der Waals surface area contributed by atoms with Crippen LogP contribution in [0.2, 0.25) is 0 Å². The van der Waals surface area contributed by atoms with Crippen molar-refractivity contribution >= 4 is 0 Å². The molecule has 1 saturated heterocycles. The van der Waals surface area contributed by atoms with E-state index < -0.39 is 0 Å². The number of hydrogen-bond donors (Lipinski definition) is 1. The van der Waals surface area contributed by atoms with Crippen molar-refractivity contribution < 1.29 is 9.47 Å². The summed E-state index contributed by atoms with van der Waals surface area (Å²) >= 11 is 0. The van der Waals surface area contributed by atoms with Gasteiger partial charge in [0.15, 0.2) is 0 Å². The first kappa shape index (κ1) is 12.0. The summed E-state index contributed by atoms with van der Waals surface area (Å²) in [6.45, 7) is 7.29. The Morgan fingerprint density at radius 1 is 1.43 bits per heavy atom. The fraction of sp³-hybridized carbons (Fsp3) is 1.00. The highest BCUT2D eigenvalue weighted by Crippen LogP contribution is 2.14. The summed E-state index contributed by atoms with van der Waals surface area (Å²) in [4.78, 5) is 0. The molecule has 0 amide bonds. The quantitative estimate of drug-likeness (QED) is 0.749. The van der Waals surface area contributed by atoms with Crippen LogP contribution in [0.3, 0.4) is 0 Å². The van der Waals surface area contributed by atoms with Crippen LogP contribution in [0.25, 0.3) is 0 Å². The molecule has 0 aliphatic carbocycles. The molecule has 0 aromatic rings. The highest BCUT2D eigenvalue weighted by atomic mass is 16.5. The molecule has 0 bridgehead atoms. The zero-order valence-electron chi connectivity index (χ0n) is 9.75. The zero-order valence-corrected chi connectivity index (χ0v) is 9.75. The Labute approximate surface area is 87.2 Å². The normalized spacial score (nSPS) is 32.6. The molecule has 0 saturated carbocycles. The van der Waals surface area contributed by atoms with Gasteiger partial charge in [0, 0.05) is 25.8 Å². The molecule has 3 nitrogen and oxygen atoms in total. The monoisotopic (exact) mass is 201 g/mol. The Hall–Kier alpha value is -0.120. The average Bonchev–Trinajstić information content (AvgIpc) is 2.16. The third-order valence-corrected chi connectivity index (χ3v) is 3.06. The lowest BCUT2D eigenvalue weighted by Gasteiger charge is -2.32. The van der Waals surface area contributed by atoms with Crippen LogP contribution in [0.1, 0.15) is 33.6 Å². The van der Waals surface area contributed by atoms with Gasteiger partial charge in [-0.15, -0.1) is 0 Å². The Balaban J connectivity index is 2.28. The van der Waals surface area contributed by atoms with Crippen molar-refractivity contribution in [3.8, 4) is 0 Å². The molecular formula is C11H23NO2. The van der Waals surface area contributed by atoms with Crippen LogP contribution >= 0.6 is 0 Å². The SMILES string of the molecule is COC(C)C(C)NC1CCOC(C)C1. The number of methoxy groups -OCH3 is 1. The van der Waals surface area contributed by atoms with E-state index in [0.29, 0.717) is 18.2 Å². The third kappa shape index (κ3) is 3.56. The summed E-state index contributed by atoms with van der Waals surface area (Å²) in [5.74, 6) is 0. The van der Waals surface area contributed by atoms with E-state index in [0.717, 1.165) is 19.4 Å². The van der Waals surface area contributed by atoms with Crippen LogP contribution in [0.15, 0.2) is 0 Å². The van der Waals surface area contributed by atoms with E-state index >= 15 is 0 Å². The van der Waals surface area contributed by atoms with Crippen molar-refractivity contribution in [2.24, 2.45) is 0 Å². The molecular weight excluding hydrogens is 178 g/mol. The fourth-order valence-corrected chi connectivity index (χ4v) is 1.86. The predicted octanol–water partition coefficient (Wildman–Crippen LogP) is 1.57. The molecule has 84 valence electrons. The van der Waals surface area contributed by atoms with Crippen LogP contribution in [0, 0.1) is 0 Å². The first-order chi connectivity index (χ1) is 6.63. The minimum absolute atomic E-state index is 0.271. The zero-order chi connectivity index (χ0) is 10.6. The molecule has 14 heavy (non-hydrogen) atoms. The van der Waals surface area contributed by atoms with E-state index in [1.807, 2.05) is 0 Å². The van der Waals surface area contributed by atoms with Gasteiger partial charge >= 0.3 is 0 Å². The minimum atomic E-state index is 0.271. The summed E-state index contributed by atoms with van der Waals surface area (Å²) in [7, 11) is 1.76. The highest BCUT2D eigenvalue weighted by Gasteiger charge is 2.22. The summed E-state index contributed by atoms with van der Waals surface area (Å²) in [5, 5.41) is 3.59. The van der Waals surface area contributed by atoms with Crippen molar-refractivity contribution in [1.82, 2.24) is 5.32 Å². The molecule has 4 atom stereocenters. The third-order valence-electron chi connectivity index (χ3n) is 3.06. The fourth-order valence-electron chi connectivity index (χ4n) is 1.86. The highest BCUT2D eigenvalue weighted by molar-refractivity contribution is 4.79. The maximum absolute atomic E-state index is 5.51. The standard InChI is InChI=1S/C11H23NO2/c1-8-7-11(5-6-14-8)12-9(2)10(3)13-4/h8-12H,5-7H2,1-4H3. The molecule has 0 aromatic heterocycles. The molecule has 0 aromatic carbocycles. The Bertz CT molecular complexity index is 163. The molecule has 3 heteroatoms. The maximum Gasteiger partial charge on any atom is 0.0693 e. The van der Waals surface area contributed by atoms with Gasteiger partial charge in [0.25, 0.3) is 0 Å². The first-order valence-corrected chi connectivity index (χ1v) is 5.54. The molecule has 4 unspecified atom stereocenters. The molecule has 0 radical (unpaired) electrons. The molecule has 0 spiro atoms. The molecule has 1 heterocycles. The summed E-state index contributed by atoms with van der Waals surface area (Å²) in [5.41, 5.74) is 0. The lowest BCUT2D eigenvalue weighted by atomic mass is 10.0. The van der Waals surface area contributed by atoms with Gasteiger partial charge < -0.3 is 14.8 Å². The van der Waals surface area contributed by atoms with Gasteiger partial charge in [-0.05, 0) is 33.6 Å². The van der Waals surface area contributed by atoms with Gasteiger partial charge in [0.05, 0.1) is 12.2 Å². The van der Waals surface area contributed by atoms with E-state index in [4.69, 9.17) is 9.47 Å². The Morgan fingerprint density at radius 2 is 2.14 bits per heavy atom. The van der Waals surface area contributed by atoms with Crippen molar-refractivity contribution in [2.75, 3.05) is 13.7 Å². The van der Waals surface area contributed by atoms with Crippen LogP contribution < -0.4 is 5.32 Å². The lowest BCUT2D eigenvalue weighted by molar-refractivity contribution is 0.00490. The molecule has 1 fully saturated rings. The van der Waals surface area contributed by atoms with E-state index in [-0.39, 0.29) is 6.10 Å². The topological polar surface area (TPSA) is 30.5 Å². The van der Waals surface area contributed by atoms with Crippen LogP contribution in [0.5, 0.6) is 0 Å². The first-order valence-electron chi connectivity index (χ1n) is 5.54. The number of ether oxygens (including phenoxy) is 2. The number of rotatable bonds is 4. The molecule has 1 aliphatic heterocycles. The van der Waals surface area contributed by atoms with Gasteiger partial charge in [-0.2, -0.15) is 0 Å². The van der Waals surface area contributed by atoms with Crippen molar-refractivity contribution in [3.05, 3.63) is 0 Å². The van der Waals surface area contributed by atoms with E-state index in [2.05, 4.69) is 26.1 Å². The van der Waals surface area contributed by atoms with Gasteiger partial charge in [-0.1, -0.05) is 0 Å². The summed E-state index contributed by atoms with van der Waals surface area (Å²) < 4.78 is 10.8. The van der Waals surface area contributed by atoms with Gasteiger partial charge in [-0.3, -0.25) is 0 Å². The van der Waals surface area contributed by atoms with Crippen LogP contribution in [0.4, 0.5) is 0 Å². The minimum Gasteiger partial charge on any atom is -0.380 e. The van der Waals surface area contributed by atoms with Gasteiger partial charge in [-0.25, -0.2) is 0 Å². The lowest BCUT2D eigenvalue weighted by Crippen LogP contribution is -2.46. The molecule has 1 N–H and O–H groups in total. The van der Waals surface area contributed by atoms with Gasteiger partial charge in [0.1, 0.15) is 0 Å². The largest absolute Gasteiger partial charge is 0.380 e. The second-order valence-electron chi connectivity index (χ2n) is 4.30. The Morgan fingerprint density at radius 3 is 2.71 bits per heavy atom. The van der Waals surface area contributed by atoms with Crippen LogP contribution in [-0.2, 0) is 9.47 Å². The summed E-state index contributed by atoms with van der Waals surface area (Å²) in [6.07, 6.45) is 2.89. The number of nitrogens with one attached hydrogen (secondary N) is 1. The molecule has 1 aliphatic rings. The van der Waals surface area contributed by atoms with Crippen molar-refractivity contribution in [2.45, 2.75) is 57.9 Å². The van der Waals surface area contributed by atoms with E-state index in [1.54, 1.807) is 7.11 Å². The van der Waals surface area contributed by atoms with E-state index in [9.17, 15) is 0 Å². The second-order valence-corrected chi connectivity index (χ2v) is 4.30. The predicted molar refractivity (Wildman–Crippen MR) is 57.5 cm³/mol. The smallest absolute Gasteiger partial charge is 0.0693 e. The molecule has 1 rings (SSSR count). The van der Waals surface area contributed by atoms with Gasteiger partial charge in [0.2, 0.25) is 0 Å². The number of hydrogen-bond acceptors (Lipinski definition) is 3. The van der Waals surface area contributed by atoms with Crippen LogP contribution in [-0.4, -0.2) is 38.0 Å². The van der Waals surface area contributed by atoms with Crippen molar-refractivity contribution in [3.63, 3.8) is 0 Å². The average molecular weight is 201 g/mol. The second kappa shape index (κ2) is 5.69. The summed E-state index contributed by atoms with van der Waals surface area (Å²) in [6, 6.07) is 1.00. The van der Waals surface area contributed by atoms with E-state index in [1.165, 1.54) is 0 Å².